The van der Waals surface area contributed by atoms with Crippen molar-refractivity contribution in [1.29, 1.82) is 0 Å². The zero-order valence-corrected chi connectivity index (χ0v) is 7.41. The number of aryl methyl sites for hydroxylation is 1. The molecule has 0 aliphatic heterocycles. The largest absolute Gasteiger partial charge is 0.775 e. The summed E-state index contributed by atoms with van der Waals surface area (Å²) in [6, 6.07) is 4.46. The molecule has 1 atom stereocenters. The lowest BCUT2D eigenvalue weighted by molar-refractivity contribution is -0.188. The van der Waals surface area contributed by atoms with Gasteiger partial charge in [0, 0.05) is 11.0 Å². The van der Waals surface area contributed by atoms with Gasteiger partial charge in [-0.1, -0.05) is 11.6 Å². The van der Waals surface area contributed by atoms with E-state index in [0.29, 0.717) is 0 Å². The van der Waals surface area contributed by atoms with E-state index in [9.17, 15) is 9.46 Å². The topological polar surface area (TPSA) is 86.4 Å². The minimum absolute atomic E-state index is 0.0708. The third-order valence-corrected chi connectivity index (χ3v) is 2.49. The fourth-order valence-corrected chi connectivity index (χ4v) is 1.67. The summed E-state index contributed by atoms with van der Waals surface area (Å²) >= 11 is 0. The van der Waals surface area contributed by atoms with Crippen molar-refractivity contribution in [3.8, 4) is 0 Å². The smallest absolute Gasteiger partial charge is 0.164 e. The maximum Gasteiger partial charge on any atom is 0.164 e. The number of anilines is 1. The van der Waals surface area contributed by atoms with Crippen LogP contribution in [0.4, 0.5) is 5.69 Å². The third kappa shape index (κ3) is 1.85. The van der Waals surface area contributed by atoms with E-state index in [4.69, 9.17) is 10.6 Å². The summed E-state index contributed by atoms with van der Waals surface area (Å²) in [5.74, 6) is 0. The highest BCUT2D eigenvalue weighted by Crippen LogP contribution is 2.30. The van der Waals surface area contributed by atoms with Gasteiger partial charge in [-0.3, -0.25) is 0 Å². The Kier molecular flexibility index (Phi) is 2.24. The molecule has 0 aromatic heterocycles. The molecule has 66 valence electrons. The van der Waals surface area contributed by atoms with Gasteiger partial charge in [-0.15, -0.1) is 0 Å². The van der Waals surface area contributed by atoms with Crippen LogP contribution in [-0.4, -0.2) is 4.89 Å². The molecule has 1 aromatic rings. The lowest BCUT2D eigenvalue weighted by Crippen LogP contribution is -2.18. The second-order valence-corrected chi connectivity index (χ2v) is 4.11. The highest BCUT2D eigenvalue weighted by molar-refractivity contribution is 7.59. The number of hydrogen-bond donors (Lipinski definition) is 2. The van der Waals surface area contributed by atoms with Crippen molar-refractivity contribution in [3.05, 3.63) is 23.8 Å². The summed E-state index contributed by atoms with van der Waals surface area (Å²) < 4.78 is 10.7. The first-order chi connectivity index (χ1) is 5.41. The van der Waals surface area contributed by atoms with Crippen LogP contribution < -0.4 is 15.9 Å². The first-order valence-corrected chi connectivity index (χ1v) is 4.89. The number of benzene rings is 1. The van der Waals surface area contributed by atoms with E-state index in [0.717, 1.165) is 5.56 Å². The Hall–Kier alpha value is -0.830. The normalized spacial score (nSPS) is 15.6. The van der Waals surface area contributed by atoms with Gasteiger partial charge < -0.3 is 20.1 Å². The summed E-state index contributed by atoms with van der Waals surface area (Å²) in [7, 11) is -4.46. The Morgan fingerprint density at radius 3 is 2.58 bits per heavy atom. The molecule has 0 heterocycles. The third-order valence-electron chi connectivity index (χ3n) is 1.49. The summed E-state index contributed by atoms with van der Waals surface area (Å²) in [6.07, 6.45) is 0. The summed E-state index contributed by atoms with van der Waals surface area (Å²) in [6.45, 7) is 1.72. The molecule has 1 aromatic carbocycles. The van der Waals surface area contributed by atoms with Crippen LogP contribution in [0.15, 0.2) is 18.2 Å². The SMILES string of the molecule is Cc1ccc(N)c(P(=O)([O-])O)c1. The molecule has 5 heteroatoms. The van der Waals surface area contributed by atoms with E-state index < -0.39 is 7.60 Å². The first kappa shape index (κ1) is 9.26. The van der Waals surface area contributed by atoms with Crippen LogP contribution in [0, 0.1) is 6.92 Å². The molecule has 1 rings (SSSR count). The lowest BCUT2D eigenvalue weighted by Gasteiger charge is -2.18. The van der Waals surface area contributed by atoms with Crippen molar-refractivity contribution in [3.63, 3.8) is 0 Å². The van der Waals surface area contributed by atoms with Crippen LogP contribution in [0.2, 0.25) is 0 Å². The van der Waals surface area contributed by atoms with Gasteiger partial charge in [0.1, 0.15) is 0 Å². The molecule has 4 nitrogen and oxygen atoms in total. The maximum atomic E-state index is 10.7. The molecule has 3 N–H and O–H groups in total. The Morgan fingerprint density at radius 1 is 1.58 bits per heavy atom. The van der Waals surface area contributed by atoms with E-state index >= 15 is 0 Å². The first-order valence-electron chi connectivity index (χ1n) is 3.32. The molecule has 0 saturated carbocycles. The van der Waals surface area contributed by atoms with E-state index in [1.165, 1.54) is 12.1 Å². The van der Waals surface area contributed by atoms with Crippen molar-refractivity contribution in [2.24, 2.45) is 0 Å². The number of hydrogen-bond acceptors (Lipinski definition) is 3. The zero-order valence-electron chi connectivity index (χ0n) is 6.52. The highest BCUT2D eigenvalue weighted by atomic mass is 31.2. The van der Waals surface area contributed by atoms with Crippen molar-refractivity contribution < 1.29 is 14.4 Å². The lowest BCUT2D eigenvalue weighted by atomic mass is 10.2. The second kappa shape index (κ2) is 2.90. The van der Waals surface area contributed by atoms with E-state index in [2.05, 4.69) is 0 Å². The van der Waals surface area contributed by atoms with Crippen molar-refractivity contribution in [1.82, 2.24) is 0 Å². The predicted octanol–water partition coefficient (Wildman–Crippen LogP) is -0.252. The average Bonchev–Trinajstić information content (AvgIpc) is 1.92. The summed E-state index contributed by atoms with van der Waals surface area (Å²) in [5.41, 5.74) is 6.15. The Balaban J connectivity index is 3.33. The molecular weight excluding hydrogens is 177 g/mol. The Labute approximate surface area is 70.2 Å². The van der Waals surface area contributed by atoms with Gasteiger partial charge in [-0.05, 0) is 19.1 Å². The number of nitrogens with two attached hydrogens (primary N) is 1. The molecule has 0 spiro atoms. The standard InChI is InChI=1S/C7H10NO3P/c1-5-2-3-6(8)7(4-5)12(9,10)11/h2-4H,8H2,1H3,(H2,9,10,11)/p-1. The molecule has 0 fully saturated rings. The van der Waals surface area contributed by atoms with E-state index in [1.807, 2.05) is 0 Å². The van der Waals surface area contributed by atoms with Crippen molar-refractivity contribution in [2.75, 3.05) is 5.73 Å². The molecule has 0 aliphatic rings. The fourth-order valence-electron chi connectivity index (χ4n) is 0.898. The summed E-state index contributed by atoms with van der Waals surface area (Å²) in [5, 5.41) is -0.206. The van der Waals surface area contributed by atoms with Crippen LogP contribution in [-0.2, 0) is 4.57 Å². The number of nitrogen functional groups attached to an aromatic ring is 1. The van der Waals surface area contributed by atoms with Crippen LogP contribution in [0.25, 0.3) is 0 Å². The Morgan fingerprint density at radius 2 is 2.17 bits per heavy atom. The Bertz CT molecular complexity index is 345. The maximum absolute atomic E-state index is 10.7. The van der Waals surface area contributed by atoms with Gasteiger partial charge in [0.05, 0.1) is 0 Å². The van der Waals surface area contributed by atoms with Crippen molar-refractivity contribution >= 4 is 18.6 Å². The van der Waals surface area contributed by atoms with E-state index in [1.54, 1.807) is 13.0 Å². The summed E-state index contributed by atoms with van der Waals surface area (Å²) in [4.78, 5) is 19.4. The molecule has 0 amide bonds. The van der Waals surface area contributed by atoms with E-state index in [-0.39, 0.29) is 11.0 Å². The quantitative estimate of drug-likeness (QED) is 0.467. The second-order valence-electron chi connectivity index (χ2n) is 2.58. The molecule has 1 unspecified atom stereocenters. The molecule has 0 bridgehead atoms. The van der Waals surface area contributed by atoms with Gasteiger partial charge in [0.15, 0.2) is 7.60 Å². The van der Waals surface area contributed by atoms with Gasteiger partial charge in [0.2, 0.25) is 0 Å². The van der Waals surface area contributed by atoms with Gasteiger partial charge >= 0.3 is 0 Å². The minimum atomic E-state index is -4.46. The van der Waals surface area contributed by atoms with Gasteiger partial charge in [-0.2, -0.15) is 0 Å². The minimum Gasteiger partial charge on any atom is -0.775 e. The molecular formula is C7H9NO3P-. The van der Waals surface area contributed by atoms with Crippen LogP contribution in [0.3, 0.4) is 0 Å². The van der Waals surface area contributed by atoms with Crippen LogP contribution >= 0.6 is 7.60 Å². The molecule has 0 aliphatic carbocycles. The molecule has 0 saturated heterocycles. The van der Waals surface area contributed by atoms with Crippen LogP contribution in [0.5, 0.6) is 0 Å². The predicted molar refractivity (Wildman–Crippen MR) is 45.1 cm³/mol. The zero-order chi connectivity index (χ0) is 9.35. The molecule has 12 heavy (non-hydrogen) atoms. The monoisotopic (exact) mass is 186 g/mol. The van der Waals surface area contributed by atoms with Gasteiger partial charge in [0.25, 0.3) is 0 Å². The number of rotatable bonds is 1. The molecule has 0 radical (unpaired) electrons. The van der Waals surface area contributed by atoms with Crippen LogP contribution in [0.1, 0.15) is 5.56 Å². The highest BCUT2D eigenvalue weighted by Gasteiger charge is 2.10. The van der Waals surface area contributed by atoms with Gasteiger partial charge in [-0.25, -0.2) is 0 Å². The van der Waals surface area contributed by atoms with Crippen molar-refractivity contribution in [2.45, 2.75) is 6.92 Å². The fraction of sp³-hybridized carbons (Fsp3) is 0.143. The average molecular weight is 186 g/mol.